The maximum Gasteiger partial charge on any atom is 0.0123 e. The third-order valence-electron chi connectivity index (χ3n) is 3.80. The van der Waals surface area contributed by atoms with Crippen LogP contribution < -0.4 is 5.32 Å². The van der Waals surface area contributed by atoms with Gasteiger partial charge < -0.3 is 5.32 Å². The summed E-state index contributed by atoms with van der Waals surface area (Å²) in [5.41, 5.74) is 0. The van der Waals surface area contributed by atoms with Crippen LogP contribution in [-0.2, 0) is 0 Å². The van der Waals surface area contributed by atoms with Crippen molar-refractivity contribution in [3.63, 3.8) is 0 Å². The van der Waals surface area contributed by atoms with Crippen molar-refractivity contribution in [2.45, 2.75) is 66.3 Å². The summed E-state index contributed by atoms with van der Waals surface area (Å²) >= 11 is 0. The molecule has 0 saturated heterocycles. The second-order valence-electron chi connectivity index (χ2n) is 4.82. The molecule has 1 heteroatoms. The van der Waals surface area contributed by atoms with Gasteiger partial charge in [0.1, 0.15) is 0 Å². The number of hydrogen-bond donors (Lipinski definition) is 1. The summed E-state index contributed by atoms with van der Waals surface area (Å²) in [6, 6.07) is 0.777. The highest BCUT2D eigenvalue weighted by molar-refractivity contribution is 4.87. The van der Waals surface area contributed by atoms with Gasteiger partial charge in [-0.1, -0.05) is 47.5 Å². The Labute approximate surface area is 97.0 Å². The van der Waals surface area contributed by atoms with E-state index < -0.39 is 0 Å². The molecule has 1 aliphatic rings. The van der Waals surface area contributed by atoms with Crippen molar-refractivity contribution >= 4 is 0 Å². The molecule has 0 aromatic rings. The number of hydrogen-bond acceptors (Lipinski definition) is 1. The van der Waals surface area contributed by atoms with E-state index >= 15 is 0 Å². The van der Waals surface area contributed by atoms with E-state index in [2.05, 4.69) is 33.1 Å². The van der Waals surface area contributed by atoms with Crippen molar-refractivity contribution in [1.82, 2.24) is 5.32 Å². The van der Waals surface area contributed by atoms with Crippen LogP contribution in [0.2, 0.25) is 0 Å². The zero-order valence-electron chi connectivity index (χ0n) is 11.6. The monoisotopic (exact) mass is 213 g/mol. The predicted octanol–water partition coefficient (Wildman–Crippen LogP) is 4.08. The second kappa shape index (κ2) is 8.15. The van der Waals surface area contributed by atoms with Crippen LogP contribution in [-0.4, -0.2) is 13.1 Å². The molecule has 0 amide bonds. The van der Waals surface area contributed by atoms with Gasteiger partial charge in [0, 0.05) is 6.04 Å². The SMILES string of the molecule is CC.CCC1CCCC(C(C)C)C1NC. The van der Waals surface area contributed by atoms with E-state index in [1.807, 2.05) is 13.8 Å². The third-order valence-corrected chi connectivity index (χ3v) is 3.80. The molecule has 0 aromatic carbocycles. The van der Waals surface area contributed by atoms with Gasteiger partial charge in [0.2, 0.25) is 0 Å². The quantitative estimate of drug-likeness (QED) is 0.745. The highest BCUT2D eigenvalue weighted by Gasteiger charge is 2.32. The average molecular weight is 213 g/mol. The third kappa shape index (κ3) is 4.14. The summed E-state index contributed by atoms with van der Waals surface area (Å²) in [6.07, 6.45) is 5.65. The molecule has 1 rings (SSSR count). The maximum absolute atomic E-state index is 3.54. The fourth-order valence-electron chi connectivity index (χ4n) is 2.98. The van der Waals surface area contributed by atoms with Crippen LogP contribution in [0.4, 0.5) is 0 Å². The van der Waals surface area contributed by atoms with E-state index in [9.17, 15) is 0 Å². The Bertz CT molecular complexity index is 142. The molecule has 0 aromatic heterocycles. The van der Waals surface area contributed by atoms with Crippen molar-refractivity contribution in [2.75, 3.05) is 7.05 Å². The highest BCUT2D eigenvalue weighted by atomic mass is 14.9. The van der Waals surface area contributed by atoms with Gasteiger partial charge in [0.25, 0.3) is 0 Å². The Balaban J connectivity index is 0.000000921. The number of rotatable bonds is 3. The minimum atomic E-state index is 0.777. The minimum absolute atomic E-state index is 0.777. The van der Waals surface area contributed by atoms with Gasteiger partial charge in [0.05, 0.1) is 0 Å². The van der Waals surface area contributed by atoms with Crippen LogP contribution in [0.3, 0.4) is 0 Å². The van der Waals surface area contributed by atoms with Gasteiger partial charge in [-0.3, -0.25) is 0 Å². The average Bonchev–Trinajstić information content (AvgIpc) is 2.30. The molecule has 3 atom stereocenters. The molecule has 0 aliphatic heterocycles. The van der Waals surface area contributed by atoms with Crippen molar-refractivity contribution in [1.29, 1.82) is 0 Å². The first kappa shape index (κ1) is 15.0. The van der Waals surface area contributed by atoms with E-state index in [0.29, 0.717) is 0 Å². The Morgan fingerprint density at radius 2 is 1.80 bits per heavy atom. The minimum Gasteiger partial charge on any atom is -0.316 e. The lowest BCUT2D eigenvalue weighted by molar-refractivity contribution is 0.147. The summed E-state index contributed by atoms with van der Waals surface area (Å²) < 4.78 is 0. The first-order valence-corrected chi connectivity index (χ1v) is 6.88. The van der Waals surface area contributed by atoms with Crippen LogP contribution in [0.5, 0.6) is 0 Å². The summed E-state index contributed by atoms with van der Waals surface area (Å²) in [5.74, 6) is 2.67. The maximum atomic E-state index is 3.54. The lowest BCUT2D eigenvalue weighted by atomic mass is 9.71. The van der Waals surface area contributed by atoms with E-state index in [0.717, 1.165) is 23.8 Å². The van der Waals surface area contributed by atoms with Gasteiger partial charge in [-0.2, -0.15) is 0 Å². The molecular formula is C14H31N. The molecule has 1 N–H and O–H groups in total. The van der Waals surface area contributed by atoms with Gasteiger partial charge >= 0.3 is 0 Å². The summed E-state index contributed by atoms with van der Waals surface area (Å²) in [5, 5.41) is 3.54. The van der Waals surface area contributed by atoms with Gasteiger partial charge in [-0.05, 0) is 37.6 Å². The summed E-state index contributed by atoms with van der Waals surface area (Å²) in [6.45, 7) is 11.1. The molecule has 92 valence electrons. The molecular weight excluding hydrogens is 182 g/mol. The van der Waals surface area contributed by atoms with Crippen molar-refractivity contribution in [2.24, 2.45) is 17.8 Å². The van der Waals surface area contributed by atoms with Crippen LogP contribution >= 0.6 is 0 Å². The molecule has 0 bridgehead atoms. The van der Waals surface area contributed by atoms with Crippen LogP contribution in [0.1, 0.15) is 60.3 Å². The Hall–Kier alpha value is -0.0400. The Kier molecular flexibility index (Phi) is 8.13. The molecule has 1 fully saturated rings. The fourth-order valence-corrected chi connectivity index (χ4v) is 2.98. The molecule has 3 unspecified atom stereocenters. The van der Waals surface area contributed by atoms with Crippen molar-refractivity contribution in [3.05, 3.63) is 0 Å². The van der Waals surface area contributed by atoms with Crippen molar-refractivity contribution < 1.29 is 0 Å². The Morgan fingerprint density at radius 3 is 2.20 bits per heavy atom. The summed E-state index contributed by atoms with van der Waals surface area (Å²) in [7, 11) is 2.13. The zero-order valence-corrected chi connectivity index (χ0v) is 11.6. The van der Waals surface area contributed by atoms with Crippen LogP contribution in [0.25, 0.3) is 0 Å². The molecule has 0 heterocycles. The van der Waals surface area contributed by atoms with E-state index in [1.54, 1.807) is 0 Å². The van der Waals surface area contributed by atoms with E-state index in [1.165, 1.54) is 25.7 Å². The predicted molar refractivity (Wildman–Crippen MR) is 70.2 cm³/mol. The number of nitrogens with one attached hydrogen (secondary N) is 1. The molecule has 1 nitrogen and oxygen atoms in total. The van der Waals surface area contributed by atoms with Crippen LogP contribution in [0, 0.1) is 17.8 Å². The smallest absolute Gasteiger partial charge is 0.0123 e. The second-order valence-corrected chi connectivity index (χ2v) is 4.82. The van der Waals surface area contributed by atoms with Gasteiger partial charge in [-0.15, -0.1) is 0 Å². The lowest BCUT2D eigenvalue weighted by Gasteiger charge is -2.40. The van der Waals surface area contributed by atoms with E-state index in [-0.39, 0.29) is 0 Å². The molecule has 0 spiro atoms. The molecule has 0 radical (unpaired) electrons. The summed E-state index contributed by atoms with van der Waals surface area (Å²) in [4.78, 5) is 0. The standard InChI is InChI=1S/C12H25N.C2H6/c1-5-10-7-6-8-11(9(2)3)12(10)13-4;1-2/h9-13H,5-8H2,1-4H3;1-2H3. The van der Waals surface area contributed by atoms with Gasteiger partial charge in [-0.25, -0.2) is 0 Å². The first-order chi connectivity index (χ1) is 7.20. The zero-order chi connectivity index (χ0) is 11.8. The molecule has 1 saturated carbocycles. The fraction of sp³-hybridized carbons (Fsp3) is 1.00. The largest absolute Gasteiger partial charge is 0.316 e. The molecule has 1 aliphatic carbocycles. The van der Waals surface area contributed by atoms with Crippen molar-refractivity contribution in [3.8, 4) is 0 Å². The lowest BCUT2D eigenvalue weighted by Crippen LogP contribution is -2.44. The normalized spacial score (nSPS) is 31.0. The molecule has 15 heavy (non-hydrogen) atoms. The van der Waals surface area contributed by atoms with E-state index in [4.69, 9.17) is 0 Å². The van der Waals surface area contributed by atoms with Crippen LogP contribution in [0.15, 0.2) is 0 Å². The van der Waals surface area contributed by atoms with Gasteiger partial charge in [0.15, 0.2) is 0 Å². The Morgan fingerprint density at radius 1 is 1.20 bits per heavy atom. The topological polar surface area (TPSA) is 12.0 Å². The highest BCUT2D eigenvalue weighted by Crippen LogP contribution is 2.35. The first-order valence-electron chi connectivity index (χ1n) is 6.88.